The van der Waals surface area contributed by atoms with Crippen molar-refractivity contribution in [1.82, 2.24) is 4.57 Å². The molecule has 0 aliphatic rings. The largest absolute Gasteiger partial charge is 0.309 e. The molecule has 244 valence electrons. The molecule has 0 radical (unpaired) electrons. The summed E-state index contributed by atoms with van der Waals surface area (Å²) in [5, 5.41) is 7.40. The summed E-state index contributed by atoms with van der Waals surface area (Å²) < 4.78 is 2.42. The third kappa shape index (κ3) is 4.96. The van der Waals surface area contributed by atoms with E-state index < -0.39 is 0 Å². The molecule has 10 aromatic rings. The highest BCUT2D eigenvalue weighted by Crippen LogP contribution is 2.46. The van der Waals surface area contributed by atoms with Gasteiger partial charge in [-0.25, -0.2) is 0 Å². The standard InChI is InChI=1S/C50H34N2/c1-3-16-35(17-4-1)42-27-11-12-29-46(42)52(47-30-14-21-36-18-9-10-26-43(36)47)41-25-13-22-39(32-41)44-28-15-31-48-50(44)45-33-37-19-7-8-20-38(37)34-49(45)51(48)40-23-5-2-6-24-40/h1-34H. The van der Waals surface area contributed by atoms with Crippen LogP contribution >= 0.6 is 0 Å². The Balaban J connectivity index is 1.24. The summed E-state index contributed by atoms with van der Waals surface area (Å²) in [5.41, 5.74) is 11.7. The number of fused-ring (bicyclic) bond motifs is 5. The fraction of sp³-hybridized carbons (Fsp3) is 0. The number of hydrogen-bond acceptors (Lipinski definition) is 1. The normalized spacial score (nSPS) is 11.5. The van der Waals surface area contributed by atoms with Crippen molar-refractivity contribution < 1.29 is 0 Å². The second-order valence-electron chi connectivity index (χ2n) is 13.4. The Morgan fingerprint density at radius 2 is 0.942 bits per heavy atom. The van der Waals surface area contributed by atoms with Crippen molar-refractivity contribution in [2.24, 2.45) is 0 Å². The average Bonchev–Trinajstić information content (AvgIpc) is 3.54. The summed E-state index contributed by atoms with van der Waals surface area (Å²) in [6, 6.07) is 74.7. The minimum atomic E-state index is 1.10. The van der Waals surface area contributed by atoms with Gasteiger partial charge in [0.25, 0.3) is 0 Å². The molecule has 0 fully saturated rings. The fourth-order valence-electron chi connectivity index (χ4n) is 8.00. The van der Waals surface area contributed by atoms with Crippen LogP contribution in [0, 0.1) is 0 Å². The van der Waals surface area contributed by atoms with Crippen molar-refractivity contribution in [1.29, 1.82) is 0 Å². The van der Waals surface area contributed by atoms with E-state index in [0.29, 0.717) is 0 Å². The van der Waals surface area contributed by atoms with E-state index in [-0.39, 0.29) is 0 Å². The fourth-order valence-corrected chi connectivity index (χ4v) is 8.00. The van der Waals surface area contributed by atoms with E-state index >= 15 is 0 Å². The average molecular weight is 663 g/mol. The van der Waals surface area contributed by atoms with Crippen LogP contribution in [0.3, 0.4) is 0 Å². The van der Waals surface area contributed by atoms with Gasteiger partial charge in [-0.2, -0.15) is 0 Å². The van der Waals surface area contributed by atoms with Crippen molar-refractivity contribution in [3.8, 4) is 27.9 Å². The minimum Gasteiger partial charge on any atom is -0.309 e. The quantitative estimate of drug-likeness (QED) is 0.172. The number of benzene rings is 9. The summed E-state index contributed by atoms with van der Waals surface area (Å²) in [6.45, 7) is 0. The van der Waals surface area contributed by atoms with Gasteiger partial charge in [-0.15, -0.1) is 0 Å². The summed E-state index contributed by atoms with van der Waals surface area (Å²) in [7, 11) is 0. The van der Waals surface area contributed by atoms with Crippen LogP contribution in [0.5, 0.6) is 0 Å². The van der Waals surface area contributed by atoms with Crippen LogP contribution in [0.4, 0.5) is 17.1 Å². The molecule has 2 heteroatoms. The third-order valence-electron chi connectivity index (χ3n) is 10.3. The van der Waals surface area contributed by atoms with E-state index in [4.69, 9.17) is 0 Å². The Morgan fingerprint density at radius 1 is 0.346 bits per heavy atom. The van der Waals surface area contributed by atoms with Crippen molar-refractivity contribution >= 4 is 60.4 Å². The molecule has 0 N–H and O–H groups in total. The predicted molar refractivity (Wildman–Crippen MR) is 221 cm³/mol. The first-order chi connectivity index (χ1) is 25.8. The molecule has 0 amide bonds. The first-order valence-corrected chi connectivity index (χ1v) is 17.9. The highest BCUT2D eigenvalue weighted by Gasteiger charge is 2.21. The molecule has 2 nitrogen and oxygen atoms in total. The molecule has 0 atom stereocenters. The maximum absolute atomic E-state index is 2.44. The van der Waals surface area contributed by atoms with Gasteiger partial charge < -0.3 is 9.47 Å². The monoisotopic (exact) mass is 662 g/mol. The van der Waals surface area contributed by atoms with Gasteiger partial charge in [0.1, 0.15) is 0 Å². The molecule has 52 heavy (non-hydrogen) atoms. The van der Waals surface area contributed by atoms with Gasteiger partial charge in [0.2, 0.25) is 0 Å². The lowest BCUT2D eigenvalue weighted by Crippen LogP contribution is -2.11. The Hall–Kier alpha value is -6.90. The van der Waals surface area contributed by atoms with Crippen LogP contribution in [-0.2, 0) is 0 Å². The van der Waals surface area contributed by atoms with E-state index in [1.165, 1.54) is 65.6 Å². The molecule has 0 saturated heterocycles. The van der Waals surface area contributed by atoms with E-state index in [1.54, 1.807) is 0 Å². The maximum atomic E-state index is 2.44. The molecule has 1 heterocycles. The number of hydrogen-bond donors (Lipinski definition) is 0. The summed E-state index contributed by atoms with van der Waals surface area (Å²) >= 11 is 0. The highest BCUT2D eigenvalue weighted by atomic mass is 15.1. The molecule has 0 saturated carbocycles. The Labute approximate surface area is 303 Å². The first kappa shape index (κ1) is 30.0. The number of aromatic nitrogens is 1. The molecular formula is C50H34N2. The second-order valence-corrected chi connectivity index (χ2v) is 13.4. The Kier molecular flexibility index (Phi) is 7.18. The van der Waals surface area contributed by atoms with Crippen LogP contribution < -0.4 is 4.90 Å². The van der Waals surface area contributed by atoms with Crippen LogP contribution in [0.15, 0.2) is 206 Å². The van der Waals surface area contributed by atoms with Gasteiger partial charge in [0.15, 0.2) is 0 Å². The van der Waals surface area contributed by atoms with E-state index in [1.807, 2.05) is 0 Å². The van der Waals surface area contributed by atoms with Crippen molar-refractivity contribution in [2.75, 3.05) is 4.90 Å². The zero-order valence-corrected chi connectivity index (χ0v) is 28.5. The van der Waals surface area contributed by atoms with Gasteiger partial charge in [-0.3, -0.25) is 0 Å². The molecule has 0 bridgehead atoms. The zero-order chi connectivity index (χ0) is 34.4. The molecular weight excluding hydrogens is 629 g/mol. The molecule has 0 aliphatic carbocycles. The molecule has 0 aliphatic heterocycles. The van der Waals surface area contributed by atoms with Crippen LogP contribution in [-0.4, -0.2) is 4.57 Å². The van der Waals surface area contributed by atoms with Crippen LogP contribution in [0.2, 0.25) is 0 Å². The van der Waals surface area contributed by atoms with E-state index in [9.17, 15) is 0 Å². The number of rotatable bonds is 6. The van der Waals surface area contributed by atoms with Crippen LogP contribution in [0.25, 0.3) is 71.3 Å². The molecule has 1 aromatic heterocycles. The van der Waals surface area contributed by atoms with Gasteiger partial charge in [0, 0.05) is 33.1 Å². The summed E-state index contributed by atoms with van der Waals surface area (Å²) in [5.74, 6) is 0. The lowest BCUT2D eigenvalue weighted by atomic mass is 9.97. The minimum absolute atomic E-state index is 1.10. The maximum Gasteiger partial charge on any atom is 0.0547 e. The lowest BCUT2D eigenvalue weighted by Gasteiger charge is -2.29. The van der Waals surface area contributed by atoms with Gasteiger partial charge in [-0.1, -0.05) is 152 Å². The van der Waals surface area contributed by atoms with Crippen LogP contribution in [0.1, 0.15) is 0 Å². The number of para-hydroxylation sites is 2. The Bertz CT molecular complexity index is 2900. The molecule has 0 unspecified atom stereocenters. The van der Waals surface area contributed by atoms with Gasteiger partial charge in [0.05, 0.1) is 22.4 Å². The smallest absolute Gasteiger partial charge is 0.0547 e. The van der Waals surface area contributed by atoms with Gasteiger partial charge in [-0.05, 0) is 87.4 Å². The third-order valence-corrected chi connectivity index (χ3v) is 10.3. The van der Waals surface area contributed by atoms with Crippen molar-refractivity contribution in [3.63, 3.8) is 0 Å². The summed E-state index contributed by atoms with van der Waals surface area (Å²) in [4.78, 5) is 2.44. The second kappa shape index (κ2) is 12.5. The van der Waals surface area contributed by atoms with Crippen molar-refractivity contribution in [2.45, 2.75) is 0 Å². The molecule has 10 rings (SSSR count). The number of nitrogens with zero attached hydrogens (tertiary/aromatic N) is 2. The zero-order valence-electron chi connectivity index (χ0n) is 28.5. The van der Waals surface area contributed by atoms with E-state index in [2.05, 4.69) is 216 Å². The molecule has 0 spiro atoms. The van der Waals surface area contributed by atoms with E-state index in [0.717, 1.165) is 22.7 Å². The SMILES string of the molecule is c1ccc(-c2ccccc2N(c2cccc(-c3cccc4c3c3cc5ccccc5cc3n4-c3ccccc3)c2)c2cccc3ccccc23)cc1. The lowest BCUT2D eigenvalue weighted by molar-refractivity contribution is 1.18. The molecule has 9 aromatic carbocycles. The topological polar surface area (TPSA) is 8.17 Å². The highest BCUT2D eigenvalue weighted by molar-refractivity contribution is 6.19. The predicted octanol–water partition coefficient (Wildman–Crippen LogP) is 13.9. The Morgan fingerprint density at radius 3 is 1.79 bits per heavy atom. The van der Waals surface area contributed by atoms with Crippen molar-refractivity contribution in [3.05, 3.63) is 206 Å². The number of anilines is 3. The first-order valence-electron chi connectivity index (χ1n) is 17.9. The van der Waals surface area contributed by atoms with Gasteiger partial charge >= 0.3 is 0 Å². The summed E-state index contributed by atoms with van der Waals surface area (Å²) in [6.07, 6.45) is 0.